The lowest BCUT2D eigenvalue weighted by Crippen LogP contribution is -2.34. The number of ether oxygens (including phenoxy) is 1. The predicted molar refractivity (Wildman–Crippen MR) is 113 cm³/mol. The Hall–Kier alpha value is -2.45. The Morgan fingerprint density at radius 3 is 2.70 bits per heavy atom. The number of halogens is 1. The number of carbonyl (C=O) groups is 2. The van der Waals surface area contributed by atoms with Gasteiger partial charge in [-0.05, 0) is 55.0 Å². The maximum atomic E-state index is 12.6. The van der Waals surface area contributed by atoms with Crippen molar-refractivity contribution in [1.29, 1.82) is 0 Å². The van der Waals surface area contributed by atoms with E-state index in [1.165, 1.54) is 0 Å². The molecule has 0 heterocycles. The van der Waals surface area contributed by atoms with Crippen molar-refractivity contribution in [3.63, 3.8) is 0 Å². The lowest BCUT2D eigenvalue weighted by atomic mass is 10.2. The van der Waals surface area contributed by atoms with Gasteiger partial charge in [0.15, 0.2) is 5.11 Å². The highest BCUT2D eigenvalue weighted by molar-refractivity contribution is 9.10. The van der Waals surface area contributed by atoms with Crippen LogP contribution in [0.2, 0.25) is 0 Å². The smallest absolute Gasteiger partial charge is 0.261 e. The molecule has 2 aromatic rings. The van der Waals surface area contributed by atoms with Crippen molar-refractivity contribution in [2.75, 3.05) is 11.9 Å². The number of anilines is 1. The molecule has 4 N–H and O–H groups in total. The Balaban J connectivity index is 2.07. The van der Waals surface area contributed by atoms with Gasteiger partial charge in [0.1, 0.15) is 5.75 Å². The van der Waals surface area contributed by atoms with Crippen LogP contribution < -0.4 is 21.1 Å². The number of hydrogen-bond acceptors (Lipinski definition) is 4. The van der Waals surface area contributed by atoms with E-state index < -0.39 is 11.8 Å². The Labute approximate surface area is 171 Å². The molecule has 0 atom stereocenters. The fraction of sp³-hybridized carbons (Fsp3) is 0.211. The van der Waals surface area contributed by atoms with Gasteiger partial charge in [0.25, 0.3) is 5.91 Å². The first-order valence-corrected chi connectivity index (χ1v) is 9.55. The maximum Gasteiger partial charge on any atom is 0.261 e. The lowest BCUT2D eigenvalue weighted by Gasteiger charge is -2.13. The molecule has 2 rings (SSSR count). The zero-order valence-corrected chi connectivity index (χ0v) is 17.2. The van der Waals surface area contributed by atoms with Crippen LogP contribution in [0.3, 0.4) is 0 Å². The molecule has 142 valence electrons. The van der Waals surface area contributed by atoms with Crippen LogP contribution in [-0.4, -0.2) is 23.5 Å². The summed E-state index contributed by atoms with van der Waals surface area (Å²) in [5, 5.41) is 5.58. The van der Waals surface area contributed by atoms with Gasteiger partial charge in [0, 0.05) is 15.7 Å². The van der Waals surface area contributed by atoms with Gasteiger partial charge in [-0.15, -0.1) is 0 Å². The Morgan fingerprint density at radius 1 is 1.22 bits per heavy atom. The van der Waals surface area contributed by atoms with Crippen LogP contribution in [0.1, 0.15) is 40.5 Å². The molecule has 2 amide bonds. The first-order chi connectivity index (χ1) is 12.9. The van der Waals surface area contributed by atoms with E-state index in [0.29, 0.717) is 29.2 Å². The van der Waals surface area contributed by atoms with E-state index in [0.717, 1.165) is 17.3 Å². The van der Waals surface area contributed by atoms with Crippen LogP contribution in [0.4, 0.5) is 5.69 Å². The quantitative estimate of drug-likeness (QED) is 0.440. The largest absolute Gasteiger partial charge is 0.493 e. The van der Waals surface area contributed by atoms with E-state index in [-0.39, 0.29) is 5.11 Å². The number of carbonyl (C=O) groups excluding carboxylic acids is 2. The summed E-state index contributed by atoms with van der Waals surface area (Å²) in [6.07, 6.45) is 1.89. The number of benzene rings is 2. The molecule has 0 bridgehead atoms. The van der Waals surface area contributed by atoms with Gasteiger partial charge < -0.3 is 15.8 Å². The lowest BCUT2D eigenvalue weighted by molar-refractivity contribution is 0.0971. The molecule has 0 fully saturated rings. The number of amides is 2. The third-order valence-corrected chi connectivity index (χ3v) is 4.27. The number of primary amides is 1. The second-order valence-corrected chi connectivity index (χ2v) is 7.02. The molecular weight excluding hydrogens is 430 g/mol. The first kappa shape index (κ1) is 20.9. The zero-order valence-electron chi connectivity index (χ0n) is 14.8. The van der Waals surface area contributed by atoms with Crippen LogP contribution >= 0.6 is 28.1 Å². The van der Waals surface area contributed by atoms with E-state index in [1.807, 2.05) is 6.07 Å². The molecular formula is C19H20BrN3O3S. The van der Waals surface area contributed by atoms with Gasteiger partial charge in [-0.1, -0.05) is 35.3 Å². The van der Waals surface area contributed by atoms with Crippen molar-refractivity contribution < 1.29 is 14.3 Å². The summed E-state index contributed by atoms with van der Waals surface area (Å²) in [6, 6.07) is 11.7. The Kier molecular flexibility index (Phi) is 7.75. The van der Waals surface area contributed by atoms with Crippen LogP contribution in [0.15, 0.2) is 46.9 Å². The topological polar surface area (TPSA) is 93.4 Å². The van der Waals surface area contributed by atoms with Gasteiger partial charge in [0.2, 0.25) is 5.91 Å². The summed E-state index contributed by atoms with van der Waals surface area (Å²) in [5.41, 5.74) is 6.52. The fourth-order valence-electron chi connectivity index (χ4n) is 2.21. The van der Waals surface area contributed by atoms with Gasteiger partial charge in [-0.25, -0.2) is 0 Å². The number of unbranched alkanes of at least 4 members (excludes halogenated alkanes) is 1. The number of thiocarbonyl (C=S) groups is 1. The Morgan fingerprint density at radius 2 is 2.00 bits per heavy atom. The van der Waals surface area contributed by atoms with E-state index >= 15 is 0 Å². The summed E-state index contributed by atoms with van der Waals surface area (Å²) < 4.78 is 6.45. The normalized spacial score (nSPS) is 10.1. The van der Waals surface area contributed by atoms with Gasteiger partial charge in [-0.2, -0.15) is 0 Å². The van der Waals surface area contributed by atoms with Crippen LogP contribution in [0, 0.1) is 0 Å². The van der Waals surface area contributed by atoms with Crippen molar-refractivity contribution >= 4 is 50.8 Å². The molecule has 0 aliphatic rings. The van der Waals surface area contributed by atoms with Crippen molar-refractivity contribution in [2.24, 2.45) is 5.73 Å². The van der Waals surface area contributed by atoms with E-state index in [4.69, 9.17) is 22.7 Å². The highest BCUT2D eigenvalue weighted by Crippen LogP contribution is 2.23. The summed E-state index contributed by atoms with van der Waals surface area (Å²) in [5.74, 6) is -0.453. The average Bonchev–Trinajstić information content (AvgIpc) is 2.63. The third kappa shape index (κ3) is 6.33. The molecule has 0 aromatic heterocycles. The fourth-order valence-corrected chi connectivity index (χ4v) is 2.79. The summed E-state index contributed by atoms with van der Waals surface area (Å²) in [7, 11) is 0. The molecule has 0 radical (unpaired) electrons. The second kappa shape index (κ2) is 10.0. The number of hydrogen-bond donors (Lipinski definition) is 3. The molecule has 0 saturated heterocycles. The highest BCUT2D eigenvalue weighted by Gasteiger charge is 2.15. The van der Waals surface area contributed by atoms with Crippen molar-refractivity contribution in [3.05, 3.63) is 58.1 Å². The minimum atomic E-state index is -0.545. The standard InChI is InChI=1S/C19H20BrN3O3S/c1-2-3-9-26-16-8-7-13(20)11-15(16)18(25)23-19(27)22-14-6-4-5-12(10-14)17(21)24/h4-8,10-11H,2-3,9H2,1H3,(H2,21,24)(H2,22,23,25,27). The molecule has 8 heteroatoms. The molecule has 2 aromatic carbocycles. The maximum absolute atomic E-state index is 12.6. The SMILES string of the molecule is CCCCOc1ccc(Br)cc1C(=O)NC(=S)Nc1cccc(C(N)=O)c1. The second-order valence-electron chi connectivity index (χ2n) is 5.70. The van der Waals surface area contributed by atoms with Crippen molar-refractivity contribution in [3.8, 4) is 5.75 Å². The third-order valence-electron chi connectivity index (χ3n) is 3.57. The molecule has 0 aliphatic carbocycles. The molecule has 0 aliphatic heterocycles. The van der Waals surface area contributed by atoms with E-state index in [2.05, 4.69) is 33.5 Å². The van der Waals surface area contributed by atoms with Gasteiger partial charge >= 0.3 is 0 Å². The summed E-state index contributed by atoms with van der Waals surface area (Å²) in [6.45, 7) is 2.59. The molecule has 0 saturated carbocycles. The monoisotopic (exact) mass is 449 g/mol. The molecule has 0 spiro atoms. The number of rotatable bonds is 7. The van der Waals surface area contributed by atoms with Gasteiger partial charge in [0.05, 0.1) is 12.2 Å². The van der Waals surface area contributed by atoms with Crippen LogP contribution in [-0.2, 0) is 0 Å². The number of nitrogens with two attached hydrogens (primary N) is 1. The van der Waals surface area contributed by atoms with Crippen LogP contribution in [0.5, 0.6) is 5.75 Å². The summed E-state index contributed by atoms with van der Waals surface area (Å²) >= 11 is 8.55. The molecule has 0 unspecified atom stereocenters. The minimum absolute atomic E-state index is 0.0982. The van der Waals surface area contributed by atoms with E-state index in [9.17, 15) is 9.59 Å². The summed E-state index contributed by atoms with van der Waals surface area (Å²) in [4.78, 5) is 23.9. The molecule has 6 nitrogen and oxygen atoms in total. The van der Waals surface area contributed by atoms with Gasteiger partial charge in [-0.3, -0.25) is 14.9 Å². The minimum Gasteiger partial charge on any atom is -0.493 e. The highest BCUT2D eigenvalue weighted by atomic mass is 79.9. The number of nitrogens with one attached hydrogen (secondary N) is 2. The Bertz CT molecular complexity index is 858. The van der Waals surface area contributed by atoms with Crippen molar-refractivity contribution in [2.45, 2.75) is 19.8 Å². The average molecular weight is 450 g/mol. The van der Waals surface area contributed by atoms with E-state index in [1.54, 1.807) is 36.4 Å². The van der Waals surface area contributed by atoms with Crippen LogP contribution in [0.25, 0.3) is 0 Å². The predicted octanol–water partition coefficient (Wildman–Crippen LogP) is 3.85. The zero-order chi connectivity index (χ0) is 19.8. The van der Waals surface area contributed by atoms with Crippen molar-refractivity contribution in [1.82, 2.24) is 5.32 Å². The first-order valence-electron chi connectivity index (χ1n) is 8.35. The molecule has 27 heavy (non-hydrogen) atoms.